The molecular formula is C23H25F3N6O3. The Kier molecular flexibility index (Phi) is 5.70. The highest BCUT2D eigenvalue weighted by atomic mass is 19.4. The molecule has 0 bridgehead atoms. The Labute approximate surface area is 198 Å². The molecule has 1 saturated carbocycles. The summed E-state index contributed by atoms with van der Waals surface area (Å²) in [5.41, 5.74) is 5.59. The summed E-state index contributed by atoms with van der Waals surface area (Å²) in [6, 6.07) is 3.82. The van der Waals surface area contributed by atoms with E-state index in [-0.39, 0.29) is 30.6 Å². The Morgan fingerprint density at radius 1 is 1.26 bits per heavy atom. The Balaban J connectivity index is 1.50. The van der Waals surface area contributed by atoms with Gasteiger partial charge in [0.25, 0.3) is 0 Å². The van der Waals surface area contributed by atoms with Crippen LogP contribution in [0.5, 0.6) is 5.75 Å². The van der Waals surface area contributed by atoms with Gasteiger partial charge in [-0.05, 0) is 43.7 Å². The average molecular weight is 490 g/mol. The second kappa shape index (κ2) is 8.59. The summed E-state index contributed by atoms with van der Waals surface area (Å²) >= 11 is 0. The third-order valence-electron chi connectivity index (χ3n) is 6.79. The topological polar surface area (TPSA) is 109 Å². The lowest BCUT2D eigenvalue weighted by Gasteiger charge is -2.32. The van der Waals surface area contributed by atoms with Crippen molar-refractivity contribution in [3.63, 3.8) is 0 Å². The minimum Gasteiger partial charge on any atom is -0.494 e. The van der Waals surface area contributed by atoms with E-state index in [0.717, 1.165) is 37.1 Å². The van der Waals surface area contributed by atoms with Gasteiger partial charge in [0.15, 0.2) is 5.82 Å². The van der Waals surface area contributed by atoms with Crippen LogP contribution in [-0.2, 0) is 4.79 Å². The van der Waals surface area contributed by atoms with Crippen molar-refractivity contribution in [1.29, 1.82) is 0 Å². The van der Waals surface area contributed by atoms with E-state index in [1.165, 1.54) is 18.3 Å². The number of hydrogen-bond donors (Lipinski definition) is 2. The molecule has 35 heavy (non-hydrogen) atoms. The molecule has 0 spiro atoms. The molecule has 3 heterocycles. The molecule has 2 aromatic rings. The maximum absolute atomic E-state index is 13.2. The number of primary amides is 1. The fourth-order valence-electron chi connectivity index (χ4n) is 4.86. The molecule has 1 fully saturated rings. The third kappa shape index (κ3) is 4.11. The molecule has 2 aliphatic heterocycles. The van der Waals surface area contributed by atoms with Gasteiger partial charge in [0.1, 0.15) is 17.1 Å². The van der Waals surface area contributed by atoms with Gasteiger partial charge in [-0.25, -0.2) is 10.0 Å². The number of rotatable bonds is 5. The predicted octanol–water partition coefficient (Wildman–Crippen LogP) is 3.03. The van der Waals surface area contributed by atoms with Crippen LogP contribution in [0.4, 0.5) is 18.9 Å². The number of aromatic nitrogens is 2. The van der Waals surface area contributed by atoms with E-state index in [4.69, 9.17) is 15.6 Å². The average Bonchev–Trinajstić information content (AvgIpc) is 3.43. The lowest BCUT2D eigenvalue weighted by atomic mass is 9.87. The first kappa shape index (κ1) is 23.2. The standard InChI is InChI=1S/C23H25F3N6O3/c1-35-19-9-17-14(10-30(29-17)15-4-2-13(12-33)3-5-15)8-18(19)32-11-16(21(27)34)22-28-20(23(24,25)26)6-7-31(22)32/h6-10,13,15,33H,2-5,11-12H2,1H3,(H2,27,34). The number of hydrazine groups is 1. The third-order valence-corrected chi connectivity index (χ3v) is 6.79. The molecule has 1 amide bonds. The summed E-state index contributed by atoms with van der Waals surface area (Å²) in [4.78, 5) is 15.7. The van der Waals surface area contributed by atoms with Crippen molar-refractivity contribution < 1.29 is 27.8 Å². The van der Waals surface area contributed by atoms with Crippen LogP contribution < -0.4 is 15.5 Å². The highest BCUT2D eigenvalue weighted by molar-refractivity contribution is 6.02. The molecule has 186 valence electrons. The second-order valence-electron chi connectivity index (χ2n) is 8.93. The molecule has 0 unspecified atom stereocenters. The summed E-state index contributed by atoms with van der Waals surface area (Å²) in [5, 5.41) is 17.9. The largest absolute Gasteiger partial charge is 0.494 e. The molecule has 3 N–H and O–H groups in total. The number of ether oxygens (including phenoxy) is 1. The summed E-state index contributed by atoms with van der Waals surface area (Å²) in [6.07, 6.45) is 3.06. The van der Waals surface area contributed by atoms with Crippen LogP contribution >= 0.6 is 0 Å². The zero-order valence-corrected chi connectivity index (χ0v) is 19.0. The fraction of sp³-hybridized carbons (Fsp3) is 0.435. The Morgan fingerprint density at radius 3 is 2.63 bits per heavy atom. The molecule has 0 saturated heterocycles. The quantitative estimate of drug-likeness (QED) is 0.667. The van der Waals surface area contributed by atoms with Crippen LogP contribution in [-0.4, -0.2) is 58.0 Å². The number of benzene rings is 1. The van der Waals surface area contributed by atoms with Crippen LogP contribution in [0.1, 0.15) is 31.7 Å². The number of allylic oxidation sites excluding steroid dienone is 1. The SMILES string of the molecule is COc1cc2nn(C3CCC(CO)CC3)cc2cc1N1CC(C(N)=O)=C2N=C(C(F)(F)F)C=CN21. The van der Waals surface area contributed by atoms with Gasteiger partial charge in [-0.3, -0.25) is 14.5 Å². The van der Waals surface area contributed by atoms with E-state index < -0.39 is 17.8 Å². The van der Waals surface area contributed by atoms with Crippen molar-refractivity contribution >= 4 is 28.2 Å². The Hall–Kier alpha value is -3.54. The van der Waals surface area contributed by atoms with Crippen molar-refractivity contribution in [3.05, 3.63) is 42.0 Å². The van der Waals surface area contributed by atoms with Gasteiger partial charge in [0, 0.05) is 30.5 Å². The molecule has 3 aliphatic rings. The van der Waals surface area contributed by atoms with Crippen LogP contribution in [0.3, 0.4) is 0 Å². The molecule has 0 atom stereocenters. The maximum Gasteiger partial charge on any atom is 0.433 e. The summed E-state index contributed by atoms with van der Waals surface area (Å²) in [6.45, 7) is 0.137. The molecule has 5 rings (SSSR count). The van der Waals surface area contributed by atoms with Gasteiger partial charge >= 0.3 is 6.18 Å². The number of carbonyl (C=O) groups is 1. The first-order valence-electron chi connectivity index (χ1n) is 11.3. The molecule has 12 heteroatoms. The van der Waals surface area contributed by atoms with Crippen molar-refractivity contribution in [3.8, 4) is 5.75 Å². The van der Waals surface area contributed by atoms with Gasteiger partial charge < -0.3 is 15.6 Å². The molecule has 1 aromatic carbocycles. The lowest BCUT2D eigenvalue weighted by Crippen LogP contribution is -2.36. The van der Waals surface area contributed by atoms with E-state index in [0.29, 0.717) is 22.9 Å². The first-order valence-corrected chi connectivity index (χ1v) is 11.3. The van der Waals surface area contributed by atoms with Crippen LogP contribution in [0, 0.1) is 5.92 Å². The van der Waals surface area contributed by atoms with Crippen molar-refractivity contribution in [1.82, 2.24) is 14.8 Å². The normalized spacial score (nSPS) is 22.6. The number of halogens is 3. The van der Waals surface area contributed by atoms with E-state index in [1.807, 2.05) is 16.9 Å². The lowest BCUT2D eigenvalue weighted by molar-refractivity contribution is -0.114. The number of methoxy groups -OCH3 is 1. The Bertz CT molecular complexity index is 1260. The van der Waals surface area contributed by atoms with E-state index in [2.05, 4.69) is 4.99 Å². The number of aliphatic hydroxyl groups is 1. The molecule has 1 aliphatic carbocycles. The minimum atomic E-state index is -4.66. The van der Waals surface area contributed by atoms with Crippen LogP contribution in [0.25, 0.3) is 10.9 Å². The number of hydrogen-bond acceptors (Lipinski definition) is 7. The van der Waals surface area contributed by atoms with Crippen molar-refractivity contribution in [2.75, 3.05) is 25.3 Å². The predicted molar refractivity (Wildman–Crippen MR) is 122 cm³/mol. The molecule has 1 aromatic heterocycles. The second-order valence-corrected chi connectivity index (χ2v) is 8.93. The number of alkyl halides is 3. The van der Waals surface area contributed by atoms with Crippen molar-refractivity contribution in [2.24, 2.45) is 16.6 Å². The minimum absolute atomic E-state index is 0.0328. The highest BCUT2D eigenvalue weighted by Crippen LogP contribution is 2.41. The van der Waals surface area contributed by atoms with Crippen LogP contribution in [0.2, 0.25) is 0 Å². The number of aliphatic hydroxyl groups excluding tert-OH is 1. The number of nitrogens with two attached hydrogens (primary N) is 1. The molecule has 9 nitrogen and oxygen atoms in total. The Morgan fingerprint density at radius 2 is 2.00 bits per heavy atom. The van der Waals surface area contributed by atoms with Gasteiger partial charge in [0.2, 0.25) is 5.91 Å². The van der Waals surface area contributed by atoms with E-state index in [1.54, 1.807) is 11.1 Å². The smallest absolute Gasteiger partial charge is 0.433 e. The van der Waals surface area contributed by atoms with Gasteiger partial charge in [-0.2, -0.15) is 18.3 Å². The first-order chi connectivity index (χ1) is 16.7. The highest BCUT2D eigenvalue weighted by Gasteiger charge is 2.41. The number of aliphatic imine (C=N–C) groups is 1. The van der Waals surface area contributed by atoms with Crippen LogP contribution in [0.15, 0.2) is 47.0 Å². The summed E-state index contributed by atoms with van der Waals surface area (Å²) < 4.78 is 47.2. The zero-order valence-electron chi connectivity index (χ0n) is 19.0. The number of fused-ring (bicyclic) bond motifs is 2. The maximum atomic E-state index is 13.2. The molecular weight excluding hydrogens is 465 g/mol. The zero-order chi connectivity index (χ0) is 24.9. The monoisotopic (exact) mass is 490 g/mol. The number of amides is 1. The summed E-state index contributed by atoms with van der Waals surface area (Å²) in [7, 11) is 1.49. The van der Waals surface area contributed by atoms with Gasteiger partial charge in [-0.1, -0.05) is 0 Å². The van der Waals surface area contributed by atoms with Gasteiger partial charge in [0.05, 0.1) is 30.8 Å². The number of anilines is 1. The van der Waals surface area contributed by atoms with Crippen molar-refractivity contribution in [2.45, 2.75) is 37.9 Å². The number of carbonyl (C=O) groups excluding carboxylic acids is 1. The summed E-state index contributed by atoms with van der Waals surface area (Å²) in [5.74, 6) is -0.238. The fourth-order valence-corrected chi connectivity index (χ4v) is 4.86. The van der Waals surface area contributed by atoms with E-state index in [9.17, 15) is 23.1 Å². The van der Waals surface area contributed by atoms with E-state index >= 15 is 0 Å². The molecule has 0 radical (unpaired) electrons. The van der Waals surface area contributed by atoms with Gasteiger partial charge in [-0.15, -0.1) is 0 Å². The number of nitrogens with zero attached hydrogens (tertiary/aromatic N) is 5.